The van der Waals surface area contributed by atoms with Crippen LogP contribution < -0.4 is 11.3 Å². The summed E-state index contributed by atoms with van der Waals surface area (Å²) in [6.07, 6.45) is 2.33. The van der Waals surface area contributed by atoms with Gasteiger partial charge >= 0.3 is 0 Å². The van der Waals surface area contributed by atoms with E-state index in [1.807, 2.05) is 0 Å². The van der Waals surface area contributed by atoms with Gasteiger partial charge in [0.2, 0.25) is 0 Å². The van der Waals surface area contributed by atoms with E-state index >= 15 is 0 Å². The lowest BCUT2D eigenvalue weighted by Gasteiger charge is -2.19. The van der Waals surface area contributed by atoms with Crippen molar-refractivity contribution in [3.63, 3.8) is 0 Å². The molecule has 0 saturated carbocycles. The third kappa shape index (κ3) is 2.80. The van der Waals surface area contributed by atoms with E-state index in [2.05, 4.69) is 37.0 Å². The summed E-state index contributed by atoms with van der Waals surface area (Å²) in [4.78, 5) is 0. The Morgan fingerprint density at radius 1 is 1.50 bits per heavy atom. The van der Waals surface area contributed by atoms with Crippen molar-refractivity contribution in [2.75, 3.05) is 0 Å². The van der Waals surface area contributed by atoms with E-state index in [0.29, 0.717) is 6.04 Å². The Morgan fingerprint density at radius 3 is 2.64 bits per heavy atom. The molecule has 1 heterocycles. The van der Waals surface area contributed by atoms with Gasteiger partial charge in [0.15, 0.2) is 0 Å². The molecule has 14 heavy (non-hydrogen) atoms. The molecule has 0 aliphatic carbocycles. The van der Waals surface area contributed by atoms with Gasteiger partial charge in [-0.3, -0.25) is 11.3 Å². The summed E-state index contributed by atoms with van der Waals surface area (Å²) < 4.78 is 0. The van der Waals surface area contributed by atoms with Gasteiger partial charge in [0.1, 0.15) is 0 Å². The SMILES string of the molecule is CCC(C)CC(NN)c1cscc1C. The molecule has 2 nitrogen and oxygen atoms in total. The molecule has 0 fully saturated rings. The fourth-order valence-corrected chi connectivity index (χ4v) is 2.49. The number of hydrazine groups is 1. The summed E-state index contributed by atoms with van der Waals surface area (Å²) in [5.74, 6) is 6.31. The molecule has 0 bridgehead atoms. The zero-order chi connectivity index (χ0) is 10.6. The zero-order valence-corrected chi connectivity index (χ0v) is 10.0. The molecule has 1 aromatic rings. The van der Waals surface area contributed by atoms with Crippen LogP contribution in [0.15, 0.2) is 10.8 Å². The van der Waals surface area contributed by atoms with E-state index in [-0.39, 0.29) is 0 Å². The Balaban J connectivity index is 2.67. The Labute approximate surface area is 90.5 Å². The van der Waals surface area contributed by atoms with E-state index in [9.17, 15) is 0 Å². The van der Waals surface area contributed by atoms with Crippen LogP contribution in [0.2, 0.25) is 0 Å². The number of thiophene rings is 1. The highest BCUT2D eigenvalue weighted by Crippen LogP contribution is 2.27. The Hall–Kier alpha value is -0.380. The fraction of sp³-hybridized carbons (Fsp3) is 0.636. The summed E-state index contributed by atoms with van der Waals surface area (Å²) >= 11 is 1.75. The number of aryl methyl sites for hydroxylation is 1. The molecule has 0 amide bonds. The molecular weight excluding hydrogens is 192 g/mol. The van der Waals surface area contributed by atoms with Gasteiger partial charge in [-0.25, -0.2) is 0 Å². The molecule has 0 aromatic carbocycles. The van der Waals surface area contributed by atoms with Crippen molar-refractivity contribution in [1.82, 2.24) is 5.43 Å². The lowest BCUT2D eigenvalue weighted by molar-refractivity contribution is 0.407. The lowest BCUT2D eigenvalue weighted by Crippen LogP contribution is -2.29. The standard InChI is InChI=1S/C11H20N2S/c1-4-8(2)5-11(13-12)10-7-14-6-9(10)3/h6-8,11,13H,4-5,12H2,1-3H3. The molecule has 3 N–H and O–H groups in total. The molecule has 2 unspecified atom stereocenters. The van der Waals surface area contributed by atoms with Crippen LogP contribution >= 0.6 is 11.3 Å². The van der Waals surface area contributed by atoms with E-state index in [1.54, 1.807) is 11.3 Å². The second-order valence-corrected chi connectivity index (χ2v) is 4.72. The van der Waals surface area contributed by atoms with E-state index in [1.165, 1.54) is 17.5 Å². The van der Waals surface area contributed by atoms with Crippen molar-refractivity contribution in [3.8, 4) is 0 Å². The average molecular weight is 212 g/mol. The van der Waals surface area contributed by atoms with Crippen molar-refractivity contribution in [1.29, 1.82) is 0 Å². The highest BCUT2D eigenvalue weighted by molar-refractivity contribution is 7.08. The lowest BCUT2D eigenvalue weighted by atomic mass is 9.94. The highest BCUT2D eigenvalue weighted by Gasteiger charge is 2.15. The van der Waals surface area contributed by atoms with Crippen molar-refractivity contribution in [2.24, 2.45) is 11.8 Å². The number of hydrogen-bond acceptors (Lipinski definition) is 3. The van der Waals surface area contributed by atoms with Crippen LogP contribution in [0, 0.1) is 12.8 Å². The van der Waals surface area contributed by atoms with Crippen molar-refractivity contribution < 1.29 is 0 Å². The van der Waals surface area contributed by atoms with Gasteiger partial charge in [-0.05, 0) is 41.1 Å². The number of hydrogen-bond donors (Lipinski definition) is 2. The molecule has 0 aliphatic rings. The van der Waals surface area contributed by atoms with Gasteiger partial charge in [0.05, 0.1) is 0 Å². The van der Waals surface area contributed by atoms with Crippen molar-refractivity contribution in [3.05, 3.63) is 21.9 Å². The number of nitrogens with one attached hydrogen (secondary N) is 1. The first-order valence-electron chi connectivity index (χ1n) is 5.17. The monoisotopic (exact) mass is 212 g/mol. The summed E-state index contributed by atoms with van der Waals surface area (Å²) in [6, 6.07) is 0.316. The maximum Gasteiger partial charge on any atom is 0.0473 e. The van der Waals surface area contributed by atoms with Crippen LogP contribution in [0.4, 0.5) is 0 Å². The van der Waals surface area contributed by atoms with Crippen LogP contribution in [-0.2, 0) is 0 Å². The topological polar surface area (TPSA) is 38.0 Å². The van der Waals surface area contributed by atoms with Crippen molar-refractivity contribution >= 4 is 11.3 Å². The van der Waals surface area contributed by atoms with Crippen LogP contribution in [-0.4, -0.2) is 0 Å². The summed E-state index contributed by atoms with van der Waals surface area (Å²) in [5, 5.41) is 4.37. The Morgan fingerprint density at radius 2 is 2.21 bits per heavy atom. The molecule has 1 aromatic heterocycles. The molecule has 0 radical (unpaired) electrons. The van der Waals surface area contributed by atoms with Gasteiger partial charge in [-0.15, -0.1) is 0 Å². The predicted molar refractivity (Wildman–Crippen MR) is 63.2 cm³/mol. The Bertz CT molecular complexity index is 270. The maximum atomic E-state index is 5.59. The van der Waals surface area contributed by atoms with Gasteiger partial charge in [0, 0.05) is 6.04 Å². The normalized spacial score (nSPS) is 15.4. The van der Waals surface area contributed by atoms with Gasteiger partial charge in [0.25, 0.3) is 0 Å². The minimum absolute atomic E-state index is 0.316. The first-order valence-corrected chi connectivity index (χ1v) is 6.12. The fourth-order valence-electron chi connectivity index (χ4n) is 1.58. The third-order valence-corrected chi connectivity index (χ3v) is 3.69. The minimum atomic E-state index is 0.316. The molecule has 3 heteroatoms. The molecule has 0 saturated heterocycles. The number of rotatable bonds is 5. The number of nitrogens with two attached hydrogens (primary N) is 1. The smallest absolute Gasteiger partial charge is 0.0473 e. The Kier molecular flexibility index (Phi) is 4.58. The zero-order valence-electron chi connectivity index (χ0n) is 9.21. The van der Waals surface area contributed by atoms with Crippen LogP contribution in [0.25, 0.3) is 0 Å². The minimum Gasteiger partial charge on any atom is -0.271 e. The summed E-state index contributed by atoms with van der Waals surface area (Å²) in [5.41, 5.74) is 5.62. The second kappa shape index (κ2) is 5.49. The van der Waals surface area contributed by atoms with E-state index in [0.717, 1.165) is 12.3 Å². The molecule has 2 atom stereocenters. The molecule has 1 rings (SSSR count). The van der Waals surface area contributed by atoms with Gasteiger partial charge in [-0.2, -0.15) is 11.3 Å². The second-order valence-electron chi connectivity index (χ2n) is 3.98. The van der Waals surface area contributed by atoms with Crippen LogP contribution in [0.1, 0.15) is 43.9 Å². The molecular formula is C11H20N2S. The summed E-state index contributed by atoms with van der Waals surface area (Å²) in [6.45, 7) is 6.64. The average Bonchev–Trinajstić information content (AvgIpc) is 2.60. The van der Waals surface area contributed by atoms with Gasteiger partial charge < -0.3 is 0 Å². The van der Waals surface area contributed by atoms with Gasteiger partial charge in [-0.1, -0.05) is 20.3 Å². The highest BCUT2D eigenvalue weighted by atomic mass is 32.1. The van der Waals surface area contributed by atoms with Crippen molar-refractivity contribution in [2.45, 2.75) is 39.7 Å². The van der Waals surface area contributed by atoms with E-state index < -0.39 is 0 Å². The van der Waals surface area contributed by atoms with Crippen LogP contribution in [0.5, 0.6) is 0 Å². The molecule has 80 valence electrons. The third-order valence-electron chi connectivity index (χ3n) is 2.81. The van der Waals surface area contributed by atoms with E-state index in [4.69, 9.17) is 5.84 Å². The first-order chi connectivity index (χ1) is 6.69. The quantitative estimate of drug-likeness (QED) is 0.581. The molecule has 0 aliphatic heterocycles. The summed E-state index contributed by atoms with van der Waals surface area (Å²) in [7, 11) is 0. The molecule has 0 spiro atoms. The predicted octanol–water partition coefficient (Wildman–Crippen LogP) is 3.00. The maximum absolute atomic E-state index is 5.59. The van der Waals surface area contributed by atoms with Crippen LogP contribution in [0.3, 0.4) is 0 Å². The largest absolute Gasteiger partial charge is 0.271 e. The first kappa shape index (κ1) is 11.7.